The average molecular weight is 318 g/mol. The van der Waals surface area contributed by atoms with Crippen molar-refractivity contribution in [3.63, 3.8) is 0 Å². The van der Waals surface area contributed by atoms with Crippen molar-refractivity contribution >= 4 is 19.1 Å². The molecule has 2 nitrogen and oxygen atoms in total. The highest BCUT2D eigenvalue weighted by molar-refractivity contribution is 7.43. The van der Waals surface area contributed by atoms with Crippen LogP contribution in [0.25, 0.3) is 10.6 Å². The SMILES string of the molecule is Cc1nc(-c2ccc(C(F)(F)F)cc2)sc1C[P+](C)=O. The maximum atomic E-state index is 12.5. The van der Waals surface area contributed by atoms with Gasteiger partial charge in [0.2, 0.25) is 0 Å². The van der Waals surface area contributed by atoms with E-state index in [1.165, 1.54) is 23.5 Å². The number of hydrogen-bond acceptors (Lipinski definition) is 3. The molecule has 1 aromatic carbocycles. The summed E-state index contributed by atoms with van der Waals surface area (Å²) in [7, 11) is -1.30. The Labute approximate surface area is 119 Å². The molecular weight excluding hydrogens is 306 g/mol. The number of thiazole rings is 1. The van der Waals surface area contributed by atoms with E-state index < -0.39 is 19.5 Å². The van der Waals surface area contributed by atoms with Gasteiger partial charge in [-0.15, -0.1) is 11.3 Å². The van der Waals surface area contributed by atoms with E-state index in [4.69, 9.17) is 0 Å². The highest BCUT2D eigenvalue weighted by Gasteiger charge is 2.30. The average Bonchev–Trinajstić information content (AvgIpc) is 2.69. The molecule has 0 amide bonds. The number of hydrogen-bond donors (Lipinski definition) is 0. The molecule has 0 fully saturated rings. The number of rotatable bonds is 3. The van der Waals surface area contributed by atoms with Crippen LogP contribution in [0, 0.1) is 6.92 Å². The van der Waals surface area contributed by atoms with Gasteiger partial charge in [-0.05, 0) is 19.1 Å². The Morgan fingerprint density at radius 2 is 1.85 bits per heavy atom. The molecule has 1 aromatic heterocycles. The summed E-state index contributed by atoms with van der Waals surface area (Å²) in [5.74, 6) is 0. The van der Waals surface area contributed by atoms with Crippen LogP contribution in [0.15, 0.2) is 24.3 Å². The molecule has 2 aromatic rings. The van der Waals surface area contributed by atoms with Crippen molar-refractivity contribution in [3.8, 4) is 10.6 Å². The molecule has 106 valence electrons. The van der Waals surface area contributed by atoms with Crippen molar-refractivity contribution in [3.05, 3.63) is 40.4 Å². The van der Waals surface area contributed by atoms with E-state index in [9.17, 15) is 17.7 Å². The van der Waals surface area contributed by atoms with Gasteiger partial charge in [0.25, 0.3) is 0 Å². The third kappa shape index (κ3) is 3.44. The minimum Gasteiger partial charge on any atom is -0.241 e. The zero-order valence-corrected chi connectivity index (χ0v) is 12.6. The number of halogens is 3. The summed E-state index contributed by atoms with van der Waals surface area (Å²) in [6.45, 7) is 3.46. The molecule has 7 heteroatoms. The Morgan fingerprint density at radius 1 is 1.25 bits per heavy atom. The lowest BCUT2D eigenvalue weighted by molar-refractivity contribution is -0.137. The minimum atomic E-state index is -4.33. The second-order valence-corrected chi connectivity index (χ2v) is 7.04. The molecule has 20 heavy (non-hydrogen) atoms. The highest BCUT2D eigenvalue weighted by Crippen LogP contribution is 2.35. The maximum absolute atomic E-state index is 12.5. The summed E-state index contributed by atoms with van der Waals surface area (Å²) in [6, 6.07) is 4.92. The lowest BCUT2D eigenvalue weighted by Crippen LogP contribution is -2.03. The smallest absolute Gasteiger partial charge is 0.241 e. The van der Waals surface area contributed by atoms with Crippen LogP contribution < -0.4 is 0 Å². The number of nitrogens with zero attached hydrogens (tertiary/aromatic N) is 1. The normalized spacial score (nSPS) is 12.6. The molecule has 0 aliphatic rings. The van der Waals surface area contributed by atoms with E-state index in [2.05, 4.69) is 4.98 Å². The van der Waals surface area contributed by atoms with Gasteiger partial charge >= 0.3 is 14.0 Å². The van der Waals surface area contributed by atoms with Crippen LogP contribution in [0.5, 0.6) is 0 Å². The van der Waals surface area contributed by atoms with Crippen molar-refractivity contribution in [2.45, 2.75) is 19.3 Å². The zero-order valence-electron chi connectivity index (χ0n) is 10.9. The van der Waals surface area contributed by atoms with Gasteiger partial charge in [-0.2, -0.15) is 13.2 Å². The van der Waals surface area contributed by atoms with Crippen LogP contribution in [0.1, 0.15) is 16.1 Å². The maximum Gasteiger partial charge on any atom is 0.416 e. The molecule has 0 bridgehead atoms. The second kappa shape index (κ2) is 5.62. The molecule has 0 spiro atoms. The first kappa shape index (κ1) is 15.1. The first-order valence-electron chi connectivity index (χ1n) is 5.79. The van der Waals surface area contributed by atoms with E-state index in [0.717, 1.165) is 22.7 Å². The van der Waals surface area contributed by atoms with Crippen LogP contribution in [-0.4, -0.2) is 11.6 Å². The standard InChI is InChI=1S/C13H12F3NOPS/c1-8-11(7-19(2)18)20-12(17-8)9-3-5-10(6-4-9)13(14,15)16/h3-6H,7H2,1-2H3/q+1. The van der Waals surface area contributed by atoms with Crippen molar-refractivity contribution in [1.82, 2.24) is 4.98 Å². The highest BCUT2D eigenvalue weighted by atomic mass is 32.1. The van der Waals surface area contributed by atoms with Crippen LogP contribution >= 0.6 is 19.1 Å². The van der Waals surface area contributed by atoms with Gasteiger partial charge in [0, 0.05) is 5.56 Å². The minimum absolute atomic E-state index is 0.458. The molecule has 2 rings (SSSR count). The van der Waals surface area contributed by atoms with Gasteiger partial charge < -0.3 is 0 Å². The predicted octanol–water partition coefficient (Wildman–Crippen LogP) is 5.09. The van der Waals surface area contributed by atoms with Crippen molar-refractivity contribution in [2.75, 3.05) is 6.66 Å². The van der Waals surface area contributed by atoms with E-state index in [0.29, 0.717) is 16.7 Å². The lowest BCUT2D eigenvalue weighted by atomic mass is 10.1. The molecule has 0 saturated heterocycles. The fourth-order valence-corrected chi connectivity index (χ4v) is 4.00. The summed E-state index contributed by atoms with van der Waals surface area (Å²) in [6.07, 6.45) is -3.87. The van der Waals surface area contributed by atoms with E-state index in [1.54, 1.807) is 6.66 Å². The summed E-state index contributed by atoms with van der Waals surface area (Å²) < 4.78 is 48.7. The fraction of sp³-hybridized carbons (Fsp3) is 0.308. The predicted molar refractivity (Wildman–Crippen MR) is 74.5 cm³/mol. The summed E-state index contributed by atoms with van der Waals surface area (Å²) in [5.41, 5.74) is 0.755. The molecular formula is C13H12F3NOPS+. The van der Waals surface area contributed by atoms with Gasteiger partial charge in [-0.3, -0.25) is 0 Å². The van der Waals surface area contributed by atoms with Crippen molar-refractivity contribution in [1.29, 1.82) is 0 Å². The van der Waals surface area contributed by atoms with E-state index in [1.807, 2.05) is 6.92 Å². The summed E-state index contributed by atoms with van der Waals surface area (Å²) in [5, 5.41) is 0.656. The molecule has 1 heterocycles. The lowest BCUT2D eigenvalue weighted by Gasteiger charge is -2.06. The quantitative estimate of drug-likeness (QED) is 0.737. The fourth-order valence-electron chi connectivity index (χ4n) is 1.70. The van der Waals surface area contributed by atoms with Crippen LogP contribution in [0.3, 0.4) is 0 Å². The van der Waals surface area contributed by atoms with Crippen molar-refractivity contribution < 1.29 is 17.7 Å². The molecule has 0 saturated carbocycles. The van der Waals surface area contributed by atoms with Gasteiger partial charge in [-0.1, -0.05) is 16.7 Å². The number of aromatic nitrogens is 1. The van der Waals surface area contributed by atoms with E-state index >= 15 is 0 Å². The topological polar surface area (TPSA) is 30.0 Å². The van der Waals surface area contributed by atoms with Gasteiger partial charge in [0.05, 0.1) is 16.1 Å². The molecule has 1 unspecified atom stereocenters. The number of benzene rings is 1. The molecule has 0 N–H and O–H groups in total. The third-order valence-electron chi connectivity index (χ3n) is 2.72. The van der Waals surface area contributed by atoms with Crippen LogP contribution in [0.2, 0.25) is 0 Å². The summed E-state index contributed by atoms with van der Waals surface area (Å²) in [4.78, 5) is 5.25. The van der Waals surface area contributed by atoms with Gasteiger partial charge in [-0.25, -0.2) is 4.98 Å². The summed E-state index contributed by atoms with van der Waals surface area (Å²) >= 11 is 1.38. The van der Waals surface area contributed by atoms with Gasteiger partial charge in [0.1, 0.15) is 11.7 Å². The van der Waals surface area contributed by atoms with Crippen LogP contribution in [-0.2, 0) is 16.9 Å². The van der Waals surface area contributed by atoms with E-state index in [-0.39, 0.29) is 0 Å². The number of alkyl halides is 3. The van der Waals surface area contributed by atoms with Gasteiger partial charge in [0.15, 0.2) is 6.16 Å². The third-order valence-corrected chi connectivity index (χ3v) is 4.90. The first-order valence-corrected chi connectivity index (χ1v) is 8.50. The largest absolute Gasteiger partial charge is 0.416 e. The Balaban J connectivity index is 2.30. The first-order chi connectivity index (χ1) is 9.27. The Bertz CT molecular complexity index is 634. The van der Waals surface area contributed by atoms with Crippen LogP contribution in [0.4, 0.5) is 13.2 Å². The Morgan fingerprint density at radius 3 is 2.35 bits per heavy atom. The molecule has 0 radical (unpaired) electrons. The second-order valence-electron chi connectivity index (χ2n) is 4.39. The van der Waals surface area contributed by atoms with Crippen molar-refractivity contribution in [2.24, 2.45) is 0 Å². The monoisotopic (exact) mass is 318 g/mol. The Hall–Kier alpha value is -1.26. The number of aryl methyl sites for hydroxylation is 1. The molecule has 1 atom stereocenters. The Kier molecular flexibility index (Phi) is 4.25. The molecule has 0 aliphatic carbocycles. The zero-order chi connectivity index (χ0) is 14.9. The molecule has 0 aliphatic heterocycles.